The van der Waals surface area contributed by atoms with Crippen LogP contribution in [-0.2, 0) is 4.74 Å². The highest BCUT2D eigenvalue weighted by atomic mass is 16.5. The molecular formula is C10H21NO2. The largest absolute Gasteiger partial charge is 0.394 e. The molecule has 0 spiro atoms. The zero-order valence-corrected chi connectivity index (χ0v) is 8.68. The van der Waals surface area contributed by atoms with Gasteiger partial charge in [0.25, 0.3) is 0 Å². The first-order chi connectivity index (χ1) is 6.26. The summed E-state index contributed by atoms with van der Waals surface area (Å²) in [5.41, 5.74) is -0.0852. The van der Waals surface area contributed by atoms with E-state index >= 15 is 0 Å². The van der Waals surface area contributed by atoms with E-state index in [4.69, 9.17) is 4.74 Å². The van der Waals surface area contributed by atoms with Crippen LogP contribution in [0, 0.1) is 0 Å². The lowest BCUT2D eigenvalue weighted by molar-refractivity contribution is -0.00832. The van der Waals surface area contributed by atoms with Gasteiger partial charge in [0.15, 0.2) is 0 Å². The lowest BCUT2D eigenvalue weighted by atomic mass is 9.81. The van der Waals surface area contributed by atoms with Gasteiger partial charge in [0.2, 0.25) is 0 Å². The van der Waals surface area contributed by atoms with Crippen molar-refractivity contribution < 1.29 is 9.84 Å². The molecule has 0 saturated heterocycles. The van der Waals surface area contributed by atoms with Crippen molar-refractivity contribution in [3.8, 4) is 0 Å². The molecule has 3 heteroatoms. The topological polar surface area (TPSA) is 41.5 Å². The van der Waals surface area contributed by atoms with Gasteiger partial charge in [0.1, 0.15) is 0 Å². The summed E-state index contributed by atoms with van der Waals surface area (Å²) < 4.78 is 5.59. The van der Waals surface area contributed by atoms with Gasteiger partial charge in [-0.3, -0.25) is 0 Å². The standard InChI is InChI=1S/C10H21NO2/c1-3-13-9-5-4-6-10(7-9,8-12)11-2/h9,11-12H,3-8H2,1-2H3. The molecule has 1 aliphatic rings. The molecule has 0 radical (unpaired) electrons. The SMILES string of the molecule is CCOC1CCCC(CO)(NC)C1. The van der Waals surface area contributed by atoms with Crippen LogP contribution in [0.1, 0.15) is 32.6 Å². The molecule has 0 aromatic rings. The zero-order chi connectivity index (χ0) is 9.73. The molecule has 0 bridgehead atoms. The van der Waals surface area contributed by atoms with Gasteiger partial charge in [-0.2, -0.15) is 0 Å². The Morgan fingerprint density at radius 3 is 2.92 bits per heavy atom. The van der Waals surface area contributed by atoms with E-state index in [0.717, 1.165) is 32.3 Å². The fourth-order valence-electron chi connectivity index (χ4n) is 2.14. The molecular weight excluding hydrogens is 166 g/mol. The fraction of sp³-hybridized carbons (Fsp3) is 1.00. The van der Waals surface area contributed by atoms with Crippen LogP contribution in [0.15, 0.2) is 0 Å². The maximum atomic E-state index is 9.31. The Morgan fingerprint density at radius 2 is 2.38 bits per heavy atom. The summed E-state index contributed by atoms with van der Waals surface area (Å²) in [6, 6.07) is 0. The van der Waals surface area contributed by atoms with E-state index in [0.29, 0.717) is 6.10 Å². The van der Waals surface area contributed by atoms with E-state index in [1.54, 1.807) is 0 Å². The molecule has 1 saturated carbocycles. The average molecular weight is 187 g/mol. The van der Waals surface area contributed by atoms with Gasteiger partial charge in [0, 0.05) is 12.1 Å². The Labute approximate surface area is 80.5 Å². The summed E-state index contributed by atoms with van der Waals surface area (Å²) in [7, 11) is 1.92. The van der Waals surface area contributed by atoms with Crippen LogP contribution in [0.5, 0.6) is 0 Å². The van der Waals surface area contributed by atoms with Gasteiger partial charge in [-0.25, -0.2) is 0 Å². The first kappa shape index (κ1) is 11.0. The fourth-order valence-corrected chi connectivity index (χ4v) is 2.14. The third-order valence-corrected chi connectivity index (χ3v) is 3.04. The molecule has 0 aromatic heterocycles. The van der Waals surface area contributed by atoms with Crippen molar-refractivity contribution in [3.05, 3.63) is 0 Å². The van der Waals surface area contributed by atoms with Crippen molar-refractivity contribution in [1.82, 2.24) is 5.32 Å². The summed E-state index contributed by atoms with van der Waals surface area (Å²) in [5, 5.41) is 12.5. The molecule has 2 unspecified atom stereocenters. The molecule has 78 valence electrons. The molecule has 13 heavy (non-hydrogen) atoms. The van der Waals surface area contributed by atoms with E-state index in [1.807, 2.05) is 14.0 Å². The molecule has 1 fully saturated rings. The van der Waals surface area contributed by atoms with Gasteiger partial charge in [-0.1, -0.05) is 0 Å². The molecule has 1 rings (SSSR count). The average Bonchev–Trinajstić information content (AvgIpc) is 2.19. The van der Waals surface area contributed by atoms with E-state index in [1.165, 1.54) is 0 Å². The van der Waals surface area contributed by atoms with Gasteiger partial charge in [-0.15, -0.1) is 0 Å². The van der Waals surface area contributed by atoms with Gasteiger partial charge < -0.3 is 15.2 Å². The first-order valence-electron chi connectivity index (χ1n) is 5.17. The number of nitrogens with one attached hydrogen (secondary N) is 1. The molecule has 2 N–H and O–H groups in total. The first-order valence-corrected chi connectivity index (χ1v) is 5.17. The second-order valence-electron chi connectivity index (χ2n) is 3.86. The normalized spacial score (nSPS) is 34.8. The van der Waals surface area contributed by atoms with Crippen molar-refractivity contribution in [2.75, 3.05) is 20.3 Å². The quantitative estimate of drug-likeness (QED) is 0.687. The minimum absolute atomic E-state index is 0.0852. The number of hydrogen-bond acceptors (Lipinski definition) is 3. The van der Waals surface area contributed by atoms with E-state index < -0.39 is 0 Å². The van der Waals surface area contributed by atoms with Crippen molar-refractivity contribution in [2.24, 2.45) is 0 Å². The maximum Gasteiger partial charge on any atom is 0.0614 e. The lowest BCUT2D eigenvalue weighted by Gasteiger charge is -2.39. The van der Waals surface area contributed by atoms with E-state index in [-0.39, 0.29) is 12.1 Å². The van der Waals surface area contributed by atoms with Crippen LogP contribution in [0.3, 0.4) is 0 Å². The summed E-state index contributed by atoms with van der Waals surface area (Å²) in [6.45, 7) is 3.01. The summed E-state index contributed by atoms with van der Waals surface area (Å²) >= 11 is 0. The summed E-state index contributed by atoms with van der Waals surface area (Å²) in [4.78, 5) is 0. The van der Waals surface area contributed by atoms with Crippen molar-refractivity contribution >= 4 is 0 Å². The van der Waals surface area contributed by atoms with Gasteiger partial charge in [0.05, 0.1) is 12.7 Å². The summed E-state index contributed by atoms with van der Waals surface area (Å²) in [6.07, 6.45) is 4.61. The lowest BCUT2D eigenvalue weighted by Crippen LogP contribution is -2.51. The second kappa shape index (κ2) is 4.94. The minimum Gasteiger partial charge on any atom is -0.394 e. The number of hydrogen-bond donors (Lipinski definition) is 2. The van der Waals surface area contributed by atoms with Crippen molar-refractivity contribution in [1.29, 1.82) is 0 Å². The Morgan fingerprint density at radius 1 is 1.62 bits per heavy atom. The van der Waals surface area contributed by atoms with Crippen molar-refractivity contribution in [2.45, 2.75) is 44.2 Å². The molecule has 2 atom stereocenters. The monoisotopic (exact) mass is 187 g/mol. The number of aliphatic hydroxyl groups is 1. The highest BCUT2D eigenvalue weighted by molar-refractivity contribution is 4.92. The second-order valence-corrected chi connectivity index (χ2v) is 3.86. The van der Waals surface area contributed by atoms with Crippen LogP contribution < -0.4 is 5.32 Å². The third kappa shape index (κ3) is 2.66. The predicted molar refractivity (Wildman–Crippen MR) is 52.8 cm³/mol. The number of ether oxygens (including phenoxy) is 1. The highest BCUT2D eigenvalue weighted by Gasteiger charge is 2.34. The van der Waals surface area contributed by atoms with Crippen LogP contribution in [0.2, 0.25) is 0 Å². The Bertz CT molecular complexity index is 144. The van der Waals surface area contributed by atoms with Crippen LogP contribution >= 0.6 is 0 Å². The van der Waals surface area contributed by atoms with E-state index in [9.17, 15) is 5.11 Å². The molecule has 0 aliphatic heterocycles. The Kier molecular flexibility index (Phi) is 4.16. The van der Waals surface area contributed by atoms with Crippen molar-refractivity contribution in [3.63, 3.8) is 0 Å². The minimum atomic E-state index is -0.0852. The smallest absolute Gasteiger partial charge is 0.0614 e. The Hall–Kier alpha value is -0.120. The summed E-state index contributed by atoms with van der Waals surface area (Å²) in [5.74, 6) is 0. The van der Waals surface area contributed by atoms with Crippen LogP contribution in [-0.4, -0.2) is 37.0 Å². The molecule has 1 aliphatic carbocycles. The molecule has 0 heterocycles. The predicted octanol–water partition coefficient (Wildman–Crippen LogP) is 0.916. The zero-order valence-electron chi connectivity index (χ0n) is 8.68. The molecule has 0 aromatic carbocycles. The van der Waals surface area contributed by atoms with Crippen LogP contribution in [0.25, 0.3) is 0 Å². The van der Waals surface area contributed by atoms with Crippen LogP contribution in [0.4, 0.5) is 0 Å². The highest BCUT2D eigenvalue weighted by Crippen LogP contribution is 2.29. The number of likely N-dealkylation sites (N-methyl/N-ethyl adjacent to an activating group) is 1. The molecule has 3 nitrogen and oxygen atoms in total. The van der Waals surface area contributed by atoms with E-state index in [2.05, 4.69) is 5.32 Å². The third-order valence-electron chi connectivity index (χ3n) is 3.04. The Balaban J connectivity index is 2.48. The van der Waals surface area contributed by atoms with Gasteiger partial charge >= 0.3 is 0 Å². The number of rotatable bonds is 4. The number of aliphatic hydroxyl groups excluding tert-OH is 1. The molecule has 0 amide bonds. The maximum absolute atomic E-state index is 9.31. The van der Waals surface area contributed by atoms with Gasteiger partial charge in [-0.05, 0) is 39.7 Å².